The number of carbonyl (C=O) groups excluding carboxylic acids is 1. The van der Waals surface area contributed by atoms with Gasteiger partial charge in [0.05, 0.1) is 0 Å². The van der Waals surface area contributed by atoms with Crippen molar-refractivity contribution in [2.45, 2.75) is 19.9 Å². The standard InChI is InChI=1S/C17H19BrN2O/c1-13-4-2-3-5-15(13)12-20-17(21)19-11-10-14-6-8-16(18)9-7-14/h2-9H,10-12H2,1H3,(H2,19,20,21). The monoisotopic (exact) mass is 346 g/mol. The van der Waals surface area contributed by atoms with Gasteiger partial charge in [0.1, 0.15) is 0 Å². The van der Waals surface area contributed by atoms with Crippen molar-refractivity contribution >= 4 is 22.0 Å². The van der Waals surface area contributed by atoms with Gasteiger partial charge in [-0.2, -0.15) is 0 Å². The number of halogens is 1. The zero-order valence-electron chi connectivity index (χ0n) is 12.0. The van der Waals surface area contributed by atoms with Crippen molar-refractivity contribution in [3.63, 3.8) is 0 Å². The molecule has 0 unspecified atom stereocenters. The van der Waals surface area contributed by atoms with Crippen LogP contribution >= 0.6 is 15.9 Å². The second-order valence-corrected chi connectivity index (χ2v) is 5.83. The van der Waals surface area contributed by atoms with Crippen LogP contribution in [0.15, 0.2) is 53.0 Å². The highest BCUT2D eigenvalue weighted by Crippen LogP contribution is 2.10. The van der Waals surface area contributed by atoms with Crippen molar-refractivity contribution in [1.82, 2.24) is 10.6 Å². The summed E-state index contributed by atoms with van der Waals surface area (Å²) >= 11 is 3.41. The van der Waals surface area contributed by atoms with E-state index in [0.29, 0.717) is 13.1 Å². The molecule has 3 nitrogen and oxygen atoms in total. The number of carbonyl (C=O) groups is 1. The summed E-state index contributed by atoms with van der Waals surface area (Å²) in [6, 6.07) is 16.0. The maximum absolute atomic E-state index is 11.7. The lowest BCUT2D eigenvalue weighted by Gasteiger charge is -2.09. The first-order valence-corrected chi connectivity index (χ1v) is 7.75. The molecule has 0 aliphatic heterocycles. The third-order valence-corrected chi connectivity index (χ3v) is 3.84. The molecule has 2 amide bonds. The summed E-state index contributed by atoms with van der Waals surface area (Å²) in [4.78, 5) is 11.7. The van der Waals surface area contributed by atoms with Crippen LogP contribution in [0, 0.1) is 6.92 Å². The molecule has 21 heavy (non-hydrogen) atoms. The molecule has 0 saturated carbocycles. The zero-order valence-corrected chi connectivity index (χ0v) is 13.6. The Labute approximate surface area is 133 Å². The number of hydrogen-bond acceptors (Lipinski definition) is 1. The van der Waals surface area contributed by atoms with E-state index in [1.54, 1.807) is 0 Å². The molecule has 0 bridgehead atoms. The van der Waals surface area contributed by atoms with Gasteiger partial charge in [0, 0.05) is 17.6 Å². The van der Waals surface area contributed by atoms with Crippen LogP contribution in [-0.2, 0) is 13.0 Å². The molecule has 0 heterocycles. The molecule has 0 aliphatic carbocycles. The summed E-state index contributed by atoms with van der Waals surface area (Å²) in [6.45, 7) is 3.22. The van der Waals surface area contributed by atoms with E-state index in [1.165, 1.54) is 11.1 Å². The van der Waals surface area contributed by atoms with Gasteiger partial charge in [0.15, 0.2) is 0 Å². The Morgan fingerprint density at radius 3 is 2.48 bits per heavy atom. The number of rotatable bonds is 5. The predicted octanol–water partition coefficient (Wildman–Crippen LogP) is 3.80. The molecule has 2 aromatic carbocycles. The summed E-state index contributed by atoms with van der Waals surface area (Å²) in [6.07, 6.45) is 0.824. The van der Waals surface area contributed by atoms with Crippen molar-refractivity contribution in [3.05, 3.63) is 69.7 Å². The molecule has 2 aromatic rings. The van der Waals surface area contributed by atoms with Crippen molar-refractivity contribution in [3.8, 4) is 0 Å². The fourth-order valence-electron chi connectivity index (χ4n) is 2.02. The summed E-state index contributed by atoms with van der Waals surface area (Å²) in [5.74, 6) is 0. The van der Waals surface area contributed by atoms with E-state index in [4.69, 9.17) is 0 Å². The SMILES string of the molecule is Cc1ccccc1CNC(=O)NCCc1ccc(Br)cc1. The Kier molecular flexibility index (Phi) is 5.81. The molecule has 2 N–H and O–H groups in total. The topological polar surface area (TPSA) is 41.1 Å². The van der Waals surface area contributed by atoms with E-state index in [2.05, 4.69) is 38.7 Å². The van der Waals surface area contributed by atoms with Crippen LogP contribution in [0.1, 0.15) is 16.7 Å². The van der Waals surface area contributed by atoms with Crippen LogP contribution in [-0.4, -0.2) is 12.6 Å². The lowest BCUT2D eigenvalue weighted by atomic mass is 10.1. The molecule has 4 heteroatoms. The largest absolute Gasteiger partial charge is 0.338 e. The van der Waals surface area contributed by atoms with Gasteiger partial charge < -0.3 is 10.6 Å². The van der Waals surface area contributed by atoms with E-state index in [9.17, 15) is 4.79 Å². The lowest BCUT2D eigenvalue weighted by Crippen LogP contribution is -2.36. The van der Waals surface area contributed by atoms with Crippen LogP contribution in [0.4, 0.5) is 4.79 Å². The number of hydrogen-bond donors (Lipinski definition) is 2. The van der Waals surface area contributed by atoms with E-state index >= 15 is 0 Å². The average Bonchev–Trinajstić information content (AvgIpc) is 2.48. The summed E-state index contributed by atoms with van der Waals surface area (Å²) in [5, 5.41) is 5.75. The molecule has 0 radical (unpaired) electrons. The van der Waals surface area contributed by atoms with Crippen LogP contribution in [0.5, 0.6) is 0 Å². The minimum Gasteiger partial charge on any atom is -0.338 e. The van der Waals surface area contributed by atoms with Crippen LogP contribution in [0.3, 0.4) is 0 Å². The maximum Gasteiger partial charge on any atom is 0.315 e. The smallest absolute Gasteiger partial charge is 0.315 e. The fraction of sp³-hybridized carbons (Fsp3) is 0.235. The van der Waals surface area contributed by atoms with Crippen molar-refractivity contribution in [2.24, 2.45) is 0 Å². The molecule has 2 rings (SSSR count). The van der Waals surface area contributed by atoms with Gasteiger partial charge in [-0.3, -0.25) is 0 Å². The van der Waals surface area contributed by atoms with Crippen LogP contribution in [0.2, 0.25) is 0 Å². The summed E-state index contributed by atoms with van der Waals surface area (Å²) in [5.41, 5.74) is 3.53. The van der Waals surface area contributed by atoms with E-state index in [1.807, 2.05) is 43.3 Å². The number of urea groups is 1. The van der Waals surface area contributed by atoms with Crippen molar-refractivity contribution < 1.29 is 4.79 Å². The predicted molar refractivity (Wildman–Crippen MR) is 89.3 cm³/mol. The van der Waals surface area contributed by atoms with Gasteiger partial charge in [-0.1, -0.05) is 52.3 Å². The molecule has 0 aromatic heterocycles. The molecule has 0 fully saturated rings. The maximum atomic E-state index is 11.7. The van der Waals surface area contributed by atoms with Gasteiger partial charge in [0.2, 0.25) is 0 Å². The molecule has 0 aliphatic rings. The van der Waals surface area contributed by atoms with Gasteiger partial charge in [0.25, 0.3) is 0 Å². The molecule has 0 saturated heterocycles. The first-order chi connectivity index (χ1) is 10.1. The minimum absolute atomic E-state index is 0.129. The third-order valence-electron chi connectivity index (χ3n) is 3.31. The Morgan fingerprint density at radius 1 is 1.05 bits per heavy atom. The van der Waals surface area contributed by atoms with Gasteiger partial charge in [-0.05, 0) is 42.2 Å². The second kappa shape index (κ2) is 7.84. The summed E-state index contributed by atoms with van der Waals surface area (Å²) in [7, 11) is 0. The normalized spacial score (nSPS) is 10.2. The molecule has 0 spiro atoms. The molecule has 110 valence electrons. The van der Waals surface area contributed by atoms with Gasteiger partial charge in [-0.25, -0.2) is 4.79 Å². The number of aryl methyl sites for hydroxylation is 1. The lowest BCUT2D eigenvalue weighted by molar-refractivity contribution is 0.240. The van der Waals surface area contributed by atoms with Crippen LogP contribution < -0.4 is 10.6 Å². The minimum atomic E-state index is -0.129. The van der Waals surface area contributed by atoms with Crippen molar-refractivity contribution in [2.75, 3.05) is 6.54 Å². The summed E-state index contributed by atoms with van der Waals surface area (Å²) < 4.78 is 1.06. The highest BCUT2D eigenvalue weighted by atomic mass is 79.9. The quantitative estimate of drug-likeness (QED) is 0.849. The Bertz CT molecular complexity index is 596. The Hall–Kier alpha value is -1.81. The Balaban J connectivity index is 1.70. The zero-order chi connectivity index (χ0) is 15.1. The van der Waals surface area contributed by atoms with Gasteiger partial charge in [-0.15, -0.1) is 0 Å². The average molecular weight is 347 g/mol. The molecule has 0 atom stereocenters. The van der Waals surface area contributed by atoms with Crippen LogP contribution in [0.25, 0.3) is 0 Å². The number of amides is 2. The first kappa shape index (κ1) is 15.6. The third kappa shape index (κ3) is 5.23. The fourth-order valence-corrected chi connectivity index (χ4v) is 2.28. The van der Waals surface area contributed by atoms with Crippen molar-refractivity contribution in [1.29, 1.82) is 0 Å². The van der Waals surface area contributed by atoms with E-state index in [0.717, 1.165) is 16.5 Å². The molecular formula is C17H19BrN2O. The highest BCUT2D eigenvalue weighted by Gasteiger charge is 2.02. The number of nitrogens with one attached hydrogen (secondary N) is 2. The Morgan fingerprint density at radius 2 is 1.76 bits per heavy atom. The second-order valence-electron chi connectivity index (χ2n) is 4.91. The first-order valence-electron chi connectivity index (χ1n) is 6.96. The van der Waals surface area contributed by atoms with Gasteiger partial charge >= 0.3 is 6.03 Å². The van der Waals surface area contributed by atoms with E-state index in [-0.39, 0.29) is 6.03 Å². The number of benzene rings is 2. The van der Waals surface area contributed by atoms with E-state index < -0.39 is 0 Å². The highest BCUT2D eigenvalue weighted by molar-refractivity contribution is 9.10. The molecular weight excluding hydrogens is 328 g/mol.